The number of rotatable bonds is 3. The molecule has 0 aliphatic heterocycles. The minimum atomic E-state index is 0.688. The van der Waals surface area contributed by atoms with Gasteiger partial charge < -0.3 is 4.90 Å². The van der Waals surface area contributed by atoms with Crippen molar-refractivity contribution >= 4 is 17.0 Å². The maximum Gasteiger partial charge on any atom is 0.112 e. The third-order valence-corrected chi connectivity index (χ3v) is 3.94. The van der Waals surface area contributed by atoms with Crippen LogP contribution in [0.25, 0.3) is 0 Å². The molecule has 92 valence electrons. The number of nitriles is 1. The molecule has 0 atom stereocenters. The van der Waals surface area contributed by atoms with Gasteiger partial charge in [-0.2, -0.15) is 5.26 Å². The van der Waals surface area contributed by atoms with Crippen LogP contribution in [-0.2, 0) is 6.54 Å². The SMILES string of the molecule is Cc1nc(CN(C)c2ccc(C#N)cc2)sc1C. The van der Waals surface area contributed by atoms with Crippen LogP contribution in [0.15, 0.2) is 24.3 Å². The van der Waals surface area contributed by atoms with Crippen LogP contribution < -0.4 is 4.90 Å². The van der Waals surface area contributed by atoms with E-state index in [2.05, 4.69) is 22.9 Å². The lowest BCUT2D eigenvalue weighted by Crippen LogP contribution is -2.16. The lowest BCUT2D eigenvalue weighted by Gasteiger charge is -2.17. The molecule has 0 saturated carbocycles. The lowest BCUT2D eigenvalue weighted by molar-refractivity contribution is 0.904. The summed E-state index contributed by atoms with van der Waals surface area (Å²) in [6.07, 6.45) is 0. The summed E-state index contributed by atoms with van der Waals surface area (Å²) in [6.45, 7) is 4.93. The minimum absolute atomic E-state index is 0.688. The first-order valence-electron chi connectivity index (χ1n) is 5.74. The third-order valence-electron chi connectivity index (χ3n) is 2.88. The van der Waals surface area contributed by atoms with Crippen molar-refractivity contribution in [3.05, 3.63) is 45.4 Å². The van der Waals surface area contributed by atoms with E-state index in [-0.39, 0.29) is 0 Å². The Morgan fingerprint density at radius 1 is 1.28 bits per heavy atom. The van der Waals surface area contributed by atoms with Crippen LogP contribution in [0.2, 0.25) is 0 Å². The second-order valence-corrected chi connectivity index (χ2v) is 5.55. The molecule has 0 radical (unpaired) electrons. The van der Waals surface area contributed by atoms with Gasteiger partial charge in [0.2, 0.25) is 0 Å². The van der Waals surface area contributed by atoms with E-state index < -0.39 is 0 Å². The highest BCUT2D eigenvalue weighted by Gasteiger charge is 2.07. The molecule has 0 bridgehead atoms. The zero-order chi connectivity index (χ0) is 13.1. The Bertz CT molecular complexity index is 559. The molecule has 18 heavy (non-hydrogen) atoms. The Hall–Kier alpha value is -1.86. The number of anilines is 1. The van der Waals surface area contributed by atoms with Gasteiger partial charge >= 0.3 is 0 Å². The summed E-state index contributed by atoms with van der Waals surface area (Å²) in [6, 6.07) is 9.73. The van der Waals surface area contributed by atoms with Crippen molar-refractivity contribution in [1.29, 1.82) is 5.26 Å². The first-order valence-corrected chi connectivity index (χ1v) is 6.56. The van der Waals surface area contributed by atoms with E-state index in [4.69, 9.17) is 5.26 Å². The van der Waals surface area contributed by atoms with Crippen molar-refractivity contribution < 1.29 is 0 Å². The van der Waals surface area contributed by atoms with Gasteiger partial charge in [0.05, 0.1) is 23.9 Å². The molecule has 1 heterocycles. The summed E-state index contributed by atoms with van der Waals surface area (Å²) < 4.78 is 0. The first kappa shape index (κ1) is 12.6. The average Bonchev–Trinajstić information content (AvgIpc) is 2.68. The van der Waals surface area contributed by atoms with Crippen molar-refractivity contribution in [3.8, 4) is 6.07 Å². The smallest absolute Gasteiger partial charge is 0.112 e. The van der Waals surface area contributed by atoms with Gasteiger partial charge in [-0.15, -0.1) is 11.3 Å². The van der Waals surface area contributed by atoms with Crippen molar-refractivity contribution in [2.75, 3.05) is 11.9 Å². The molecule has 0 aliphatic carbocycles. The number of hydrogen-bond acceptors (Lipinski definition) is 4. The van der Waals surface area contributed by atoms with E-state index in [1.54, 1.807) is 11.3 Å². The Labute approximate surface area is 111 Å². The summed E-state index contributed by atoms with van der Waals surface area (Å²) in [5, 5.41) is 9.89. The molecule has 0 fully saturated rings. The molecule has 3 nitrogen and oxygen atoms in total. The number of aryl methyl sites for hydroxylation is 2. The van der Waals surface area contributed by atoms with Crippen molar-refractivity contribution in [2.24, 2.45) is 0 Å². The van der Waals surface area contributed by atoms with Crippen LogP contribution in [0.5, 0.6) is 0 Å². The number of benzene rings is 1. The molecule has 0 amide bonds. The fourth-order valence-electron chi connectivity index (χ4n) is 1.69. The molecule has 0 unspecified atom stereocenters. The molecular weight excluding hydrogens is 242 g/mol. The molecule has 1 aromatic heterocycles. The quantitative estimate of drug-likeness (QED) is 0.847. The molecule has 0 aliphatic rings. The molecule has 4 heteroatoms. The van der Waals surface area contributed by atoms with Crippen molar-refractivity contribution in [2.45, 2.75) is 20.4 Å². The summed E-state index contributed by atoms with van der Waals surface area (Å²) in [5.74, 6) is 0. The van der Waals surface area contributed by atoms with Gasteiger partial charge in [0.25, 0.3) is 0 Å². The van der Waals surface area contributed by atoms with E-state index in [1.165, 1.54) is 4.88 Å². The van der Waals surface area contributed by atoms with E-state index in [1.807, 2.05) is 38.2 Å². The number of aromatic nitrogens is 1. The van der Waals surface area contributed by atoms with Gasteiger partial charge in [0, 0.05) is 17.6 Å². The highest BCUT2D eigenvalue weighted by molar-refractivity contribution is 7.11. The predicted octanol–water partition coefficient (Wildman–Crippen LogP) is 3.27. The van der Waals surface area contributed by atoms with Gasteiger partial charge in [-0.1, -0.05) is 0 Å². The van der Waals surface area contributed by atoms with Gasteiger partial charge in [0.15, 0.2) is 0 Å². The van der Waals surface area contributed by atoms with Crippen LogP contribution in [-0.4, -0.2) is 12.0 Å². The molecule has 2 aromatic rings. The lowest BCUT2D eigenvalue weighted by atomic mass is 10.2. The summed E-state index contributed by atoms with van der Waals surface area (Å²) in [7, 11) is 2.04. The van der Waals surface area contributed by atoms with E-state index in [0.29, 0.717) is 5.56 Å². The van der Waals surface area contributed by atoms with Gasteiger partial charge in [0.1, 0.15) is 5.01 Å². The topological polar surface area (TPSA) is 39.9 Å². The van der Waals surface area contributed by atoms with E-state index >= 15 is 0 Å². The molecular formula is C14H15N3S. The van der Waals surface area contributed by atoms with E-state index in [0.717, 1.165) is 22.9 Å². The van der Waals surface area contributed by atoms with Crippen molar-refractivity contribution in [3.63, 3.8) is 0 Å². The zero-order valence-electron chi connectivity index (χ0n) is 10.8. The Balaban J connectivity index is 2.11. The standard InChI is InChI=1S/C14H15N3S/c1-10-11(2)18-14(16-10)9-17(3)13-6-4-12(8-15)5-7-13/h4-7H,9H2,1-3H3. The molecule has 0 saturated heterocycles. The second kappa shape index (κ2) is 5.19. The number of hydrogen-bond donors (Lipinski definition) is 0. The fourth-order valence-corrected chi connectivity index (χ4v) is 2.68. The number of thiazole rings is 1. The van der Waals surface area contributed by atoms with Crippen LogP contribution in [0.3, 0.4) is 0 Å². The summed E-state index contributed by atoms with van der Waals surface area (Å²) in [4.78, 5) is 7.95. The third kappa shape index (κ3) is 2.69. The Morgan fingerprint density at radius 2 is 1.94 bits per heavy atom. The Morgan fingerprint density at radius 3 is 2.44 bits per heavy atom. The summed E-state index contributed by atoms with van der Waals surface area (Å²) >= 11 is 1.74. The first-order chi connectivity index (χ1) is 8.60. The summed E-state index contributed by atoms with van der Waals surface area (Å²) in [5.41, 5.74) is 2.90. The maximum atomic E-state index is 8.76. The monoisotopic (exact) mass is 257 g/mol. The van der Waals surface area contributed by atoms with Crippen LogP contribution in [0, 0.1) is 25.2 Å². The molecule has 1 aromatic carbocycles. The highest BCUT2D eigenvalue weighted by Crippen LogP contribution is 2.21. The largest absolute Gasteiger partial charge is 0.368 e. The van der Waals surface area contributed by atoms with Crippen molar-refractivity contribution in [1.82, 2.24) is 4.98 Å². The Kier molecular flexibility index (Phi) is 3.63. The minimum Gasteiger partial charge on any atom is -0.368 e. The van der Waals surface area contributed by atoms with Crippen LogP contribution >= 0.6 is 11.3 Å². The molecule has 2 rings (SSSR count). The average molecular weight is 257 g/mol. The molecule has 0 spiro atoms. The normalized spacial score (nSPS) is 10.1. The highest BCUT2D eigenvalue weighted by atomic mass is 32.1. The molecule has 0 N–H and O–H groups in total. The van der Waals surface area contributed by atoms with Gasteiger partial charge in [-0.25, -0.2) is 4.98 Å². The zero-order valence-corrected chi connectivity index (χ0v) is 11.6. The van der Waals surface area contributed by atoms with E-state index in [9.17, 15) is 0 Å². The fraction of sp³-hybridized carbons (Fsp3) is 0.286. The number of nitrogens with zero attached hydrogens (tertiary/aromatic N) is 3. The second-order valence-electron chi connectivity index (χ2n) is 4.26. The maximum absolute atomic E-state index is 8.76. The predicted molar refractivity (Wildman–Crippen MR) is 74.9 cm³/mol. The van der Waals surface area contributed by atoms with Gasteiger partial charge in [-0.05, 0) is 38.1 Å². The van der Waals surface area contributed by atoms with Gasteiger partial charge in [-0.3, -0.25) is 0 Å². The van der Waals surface area contributed by atoms with Crippen LogP contribution in [0.1, 0.15) is 21.1 Å². The van der Waals surface area contributed by atoms with Crippen LogP contribution in [0.4, 0.5) is 5.69 Å².